The lowest BCUT2D eigenvalue weighted by molar-refractivity contribution is -0.137. The quantitative estimate of drug-likeness (QED) is 0.537. The van der Waals surface area contributed by atoms with Crippen LogP contribution in [0.4, 0.5) is 0 Å². The highest BCUT2D eigenvalue weighted by atomic mass is 32.2. The van der Waals surface area contributed by atoms with E-state index in [9.17, 15) is 22.8 Å². The maximum absolute atomic E-state index is 12.7. The summed E-state index contributed by atoms with van der Waals surface area (Å²) >= 11 is 0. The average Bonchev–Trinajstić information content (AvgIpc) is 3.02. The molecule has 1 amide bonds. The van der Waals surface area contributed by atoms with Crippen molar-refractivity contribution in [2.75, 3.05) is 24.7 Å². The molecular formula is C19H29N3O6S. The van der Waals surface area contributed by atoms with Gasteiger partial charge >= 0.3 is 5.97 Å². The minimum Gasteiger partial charge on any atom is -0.451 e. The number of esters is 1. The van der Waals surface area contributed by atoms with Crippen molar-refractivity contribution in [3.05, 3.63) is 28.2 Å². The van der Waals surface area contributed by atoms with Crippen molar-refractivity contribution in [2.45, 2.75) is 52.6 Å². The third kappa shape index (κ3) is 6.66. The van der Waals surface area contributed by atoms with Gasteiger partial charge in [-0.3, -0.25) is 9.59 Å². The van der Waals surface area contributed by atoms with Crippen LogP contribution in [0.25, 0.3) is 0 Å². The number of ether oxygens (including phenoxy) is 1. The van der Waals surface area contributed by atoms with Crippen molar-refractivity contribution in [2.24, 2.45) is 5.92 Å². The molecular weight excluding hydrogens is 398 g/mol. The van der Waals surface area contributed by atoms with Crippen LogP contribution in [-0.4, -0.2) is 65.7 Å². The predicted octanol–water partition coefficient (Wildman–Crippen LogP) is 0.872. The summed E-state index contributed by atoms with van der Waals surface area (Å²) in [4.78, 5) is 38.2. The number of sulfone groups is 1. The Bertz CT molecular complexity index is 893. The molecule has 0 bridgehead atoms. The van der Waals surface area contributed by atoms with Crippen LogP contribution in [0, 0.1) is 5.92 Å². The number of hydrogen-bond acceptors (Lipinski definition) is 7. The molecule has 1 unspecified atom stereocenters. The number of nitrogens with zero attached hydrogens (tertiary/aromatic N) is 3. The van der Waals surface area contributed by atoms with E-state index in [1.165, 1.54) is 21.7 Å². The van der Waals surface area contributed by atoms with Crippen molar-refractivity contribution < 1.29 is 22.7 Å². The number of hydrogen-bond donors (Lipinski definition) is 0. The average molecular weight is 428 g/mol. The Labute approximate surface area is 171 Å². The van der Waals surface area contributed by atoms with Gasteiger partial charge in [0.2, 0.25) is 0 Å². The minimum absolute atomic E-state index is 0.0487. The van der Waals surface area contributed by atoms with Crippen LogP contribution in [-0.2, 0) is 25.9 Å². The summed E-state index contributed by atoms with van der Waals surface area (Å²) in [6.07, 6.45) is 2.01. The van der Waals surface area contributed by atoms with Gasteiger partial charge in [0.25, 0.3) is 11.5 Å². The minimum atomic E-state index is -3.14. The molecule has 1 aromatic heterocycles. The molecule has 1 aromatic rings. The molecule has 1 atom stereocenters. The molecule has 1 saturated heterocycles. The molecule has 162 valence electrons. The lowest BCUT2D eigenvalue weighted by atomic mass is 10.1. The fraction of sp³-hybridized carbons (Fsp3) is 0.684. The van der Waals surface area contributed by atoms with E-state index >= 15 is 0 Å². The zero-order valence-corrected chi connectivity index (χ0v) is 18.0. The summed E-state index contributed by atoms with van der Waals surface area (Å²) in [6, 6.07) is 2.12. The molecule has 0 N–H and O–H groups in total. The summed E-state index contributed by atoms with van der Waals surface area (Å²) in [7, 11) is -3.14. The third-order valence-electron chi connectivity index (χ3n) is 4.66. The maximum Gasteiger partial charge on any atom is 0.359 e. The molecule has 1 aliphatic heterocycles. The standard InChI is InChI=1S/C19H29N3O6S/c1-4-5-9-22-17(23)7-6-16(20-22)19(25)28-12-18(24)21(11-14(2)3)15-8-10-29(26,27)13-15/h6-7,14-15H,4-5,8-13H2,1-3H3. The molecule has 1 aliphatic rings. The molecule has 10 heteroatoms. The Balaban J connectivity index is 2.03. The zero-order chi connectivity index (χ0) is 21.6. The molecule has 2 rings (SSSR count). The third-order valence-corrected chi connectivity index (χ3v) is 6.41. The van der Waals surface area contributed by atoms with Gasteiger partial charge in [0.15, 0.2) is 22.1 Å². The maximum atomic E-state index is 12.7. The number of carbonyl (C=O) groups is 2. The van der Waals surface area contributed by atoms with Crippen molar-refractivity contribution in [1.82, 2.24) is 14.7 Å². The Morgan fingerprint density at radius 3 is 2.66 bits per heavy atom. The Morgan fingerprint density at radius 2 is 2.07 bits per heavy atom. The van der Waals surface area contributed by atoms with Crippen LogP contribution in [0.15, 0.2) is 16.9 Å². The van der Waals surface area contributed by atoms with Crippen molar-refractivity contribution in [3.8, 4) is 0 Å². The van der Waals surface area contributed by atoms with E-state index < -0.39 is 34.4 Å². The monoisotopic (exact) mass is 427 g/mol. The number of carbonyl (C=O) groups excluding carboxylic acids is 2. The second-order valence-electron chi connectivity index (χ2n) is 7.71. The van der Waals surface area contributed by atoms with Crippen LogP contribution < -0.4 is 5.56 Å². The predicted molar refractivity (Wildman–Crippen MR) is 107 cm³/mol. The first kappa shape index (κ1) is 23.1. The van der Waals surface area contributed by atoms with Crippen LogP contribution in [0.1, 0.15) is 50.5 Å². The van der Waals surface area contributed by atoms with Gasteiger partial charge in [0.1, 0.15) is 0 Å². The lowest BCUT2D eigenvalue weighted by Gasteiger charge is -2.29. The summed E-state index contributed by atoms with van der Waals surface area (Å²) in [5.74, 6) is -1.10. The van der Waals surface area contributed by atoms with Gasteiger partial charge in [0, 0.05) is 25.2 Å². The topological polar surface area (TPSA) is 116 Å². The van der Waals surface area contributed by atoms with Crippen molar-refractivity contribution in [1.29, 1.82) is 0 Å². The molecule has 0 spiro atoms. The summed E-state index contributed by atoms with van der Waals surface area (Å²) in [5, 5.41) is 4.00. The first-order chi connectivity index (χ1) is 13.6. The Morgan fingerprint density at radius 1 is 1.34 bits per heavy atom. The Hall–Kier alpha value is -2.23. The molecule has 1 fully saturated rings. The highest BCUT2D eigenvalue weighted by Gasteiger charge is 2.35. The highest BCUT2D eigenvalue weighted by molar-refractivity contribution is 7.91. The second kappa shape index (κ2) is 10.00. The van der Waals surface area contributed by atoms with E-state index in [0.29, 0.717) is 19.5 Å². The highest BCUT2D eigenvalue weighted by Crippen LogP contribution is 2.19. The van der Waals surface area contributed by atoms with Crippen LogP contribution in [0.2, 0.25) is 0 Å². The van der Waals surface area contributed by atoms with E-state index in [-0.39, 0.29) is 28.7 Å². The van der Waals surface area contributed by atoms with Crippen LogP contribution in [0.5, 0.6) is 0 Å². The van der Waals surface area contributed by atoms with Gasteiger partial charge in [0.05, 0.1) is 11.5 Å². The van der Waals surface area contributed by atoms with E-state index in [1.54, 1.807) is 0 Å². The van der Waals surface area contributed by atoms with E-state index in [4.69, 9.17) is 4.74 Å². The van der Waals surface area contributed by atoms with Gasteiger partial charge in [-0.1, -0.05) is 27.2 Å². The van der Waals surface area contributed by atoms with Crippen LogP contribution >= 0.6 is 0 Å². The summed E-state index contributed by atoms with van der Waals surface area (Å²) in [5.41, 5.74) is -0.357. The molecule has 0 aliphatic carbocycles. The van der Waals surface area contributed by atoms with E-state index in [0.717, 1.165) is 12.8 Å². The summed E-state index contributed by atoms with van der Waals surface area (Å²) < 4.78 is 29.9. The van der Waals surface area contributed by atoms with Gasteiger partial charge in [-0.2, -0.15) is 5.10 Å². The molecule has 0 radical (unpaired) electrons. The first-order valence-corrected chi connectivity index (χ1v) is 11.7. The SMILES string of the molecule is CCCCn1nc(C(=O)OCC(=O)N(CC(C)C)C2CCS(=O)(=O)C2)ccc1=O. The van der Waals surface area contributed by atoms with Gasteiger partial charge in [-0.05, 0) is 24.8 Å². The van der Waals surface area contributed by atoms with Gasteiger partial charge in [-0.25, -0.2) is 17.9 Å². The number of aryl methyl sites for hydroxylation is 1. The van der Waals surface area contributed by atoms with E-state index in [2.05, 4.69) is 5.10 Å². The van der Waals surface area contributed by atoms with Crippen molar-refractivity contribution in [3.63, 3.8) is 0 Å². The van der Waals surface area contributed by atoms with Crippen LogP contribution in [0.3, 0.4) is 0 Å². The normalized spacial score (nSPS) is 18.0. The number of rotatable bonds is 9. The number of unbranched alkanes of at least 4 members (excludes halogenated alkanes) is 1. The van der Waals surface area contributed by atoms with E-state index in [1.807, 2.05) is 20.8 Å². The second-order valence-corrected chi connectivity index (χ2v) is 9.94. The first-order valence-electron chi connectivity index (χ1n) is 9.88. The molecule has 0 saturated carbocycles. The molecule has 0 aromatic carbocycles. The van der Waals surface area contributed by atoms with Gasteiger partial charge < -0.3 is 9.64 Å². The fourth-order valence-electron chi connectivity index (χ4n) is 3.18. The number of aromatic nitrogens is 2. The molecule has 9 nitrogen and oxygen atoms in total. The smallest absolute Gasteiger partial charge is 0.359 e. The summed E-state index contributed by atoms with van der Waals surface area (Å²) in [6.45, 7) is 6.12. The fourth-order valence-corrected chi connectivity index (χ4v) is 4.91. The largest absolute Gasteiger partial charge is 0.451 e. The zero-order valence-electron chi connectivity index (χ0n) is 17.2. The Kier molecular flexibility index (Phi) is 7.95. The van der Waals surface area contributed by atoms with Gasteiger partial charge in [-0.15, -0.1) is 0 Å². The molecule has 2 heterocycles. The number of amides is 1. The van der Waals surface area contributed by atoms with Crippen molar-refractivity contribution >= 4 is 21.7 Å². The molecule has 29 heavy (non-hydrogen) atoms. The lowest BCUT2D eigenvalue weighted by Crippen LogP contribution is -2.45.